The molecule has 0 saturated heterocycles. The molecule has 78 valence electrons. The molecule has 2 rings (SSSR count). The monoisotopic (exact) mass is 228 g/mol. The minimum absolute atomic E-state index is 0.419. The zero-order chi connectivity index (χ0) is 11.5. The fourth-order valence-electron chi connectivity index (χ4n) is 1.40. The SMILES string of the molecule is Cc1cnc(=S)[nH]c1-c1cncc(C#N)c1. The fourth-order valence-corrected chi connectivity index (χ4v) is 1.55. The van der Waals surface area contributed by atoms with Gasteiger partial charge in [-0.2, -0.15) is 5.26 Å². The lowest BCUT2D eigenvalue weighted by atomic mass is 10.1. The average molecular weight is 228 g/mol. The minimum Gasteiger partial charge on any atom is -0.330 e. The maximum absolute atomic E-state index is 8.80. The number of aromatic amines is 1. The Kier molecular flexibility index (Phi) is 2.75. The first-order valence-corrected chi connectivity index (χ1v) is 5.03. The predicted octanol–water partition coefficient (Wildman–Crippen LogP) is 2.38. The van der Waals surface area contributed by atoms with Crippen molar-refractivity contribution in [2.24, 2.45) is 0 Å². The number of nitrogens with one attached hydrogen (secondary N) is 1. The van der Waals surface area contributed by atoms with Gasteiger partial charge in [0, 0.05) is 24.2 Å². The van der Waals surface area contributed by atoms with Crippen LogP contribution in [0.3, 0.4) is 0 Å². The average Bonchev–Trinajstić information content (AvgIpc) is 2.32. The lowest BCUT2D eigenvalue weighted by molar-refractivity contribution is 1.10. The first kappa shape index (κ1) is 10.5. The van der Waals surface area contributed by atoms with Crippen molar-refractivity contribution in [1.29, 1.82) is 5.26 Å². The Morgan fingerprint density at radius 1 is 1.38 bits per heavy atom. The molecule has 2 heterocycles. The molecule has 1 N–H and O–H groups in total. The fraction of sp³-hybridized carbons (Fsp3) is 0.0909. The van der Waals surface area contributed by atoms with Gasteiger partial charge in [-0.15, -0.1) is 0 Å². The van der Waals surface area contributed by atoms with Crippen molar-refractivity contribution in [2.75, 3.05) is 0 Å². The molecule has 0 aliphatic rings. The summed E-state index contributed by atoms with van der Waals surface area (Å²) in [4.78, 5) is 11.0. The lowest BCUT2D eigenvalue weighted by Crippen LogP contribution is -1.92. The van der Waals surface area contributed by atoms with Crippen LogP contribution in [0.5, 0.6) is 0 Å². The summed E-state index contributed by atoms with van der Waals surface area (Å²) in [6.45, 7) is 1.92. The molecular weight excluding hydrogens is 220 g/mol. The van der Waals surface area contributed by atoms with Gasteiger partial charge in [0.15, 0.2) is 4.77 Å². The lowest BCUT2D eigenvalue weighted by Gasteiger charge is -2.04. The van der Waals surface area contributed by atoms with Crippen LogP contribution in [0.1, 0.15) is 11.1 Å². The minimum atomic E-state index is 0.419. The molecule has 0 bridgehead atoms. The number of H-pyrrole nitrogens is 1. The topological polar surface area (TPSA) is 65.4 Å². The second kappa shape index (κ2) is 4.21. The Morgan fingerprint density at radius 3 is 2.94 bits per heavy atom. The Labute approximate surface area is 97.6 Å². The Hall–Kier alpha value is -2.06. The van der Waals surface area contributed by atoms with Gasteiger partial charge in [-0.1, -0.05) is 0 Å². The normalized spacial score (nSPS) is 9.75. The molecule has 0 aliphatic carbocycles. The van der Waals surface area contributed by atoms with E-state index in [2.05, 4.69) is 21.0 Å². The van der Waals surface area contributed by atoms with Crippen LogP contribution in [0.4, 0.5) is 0 Å². The third-order valence-corrected chi connectivity index (χ3v) is 2.37. The smallest absolute Gasteiger partial charge is 0.197 e. The molecular formula is C11H8N4S. The Balaban J connectivity index is 2.63. The summed E-state index contributed by atoms with van der Waals surface area (Å²) >= 11 is 4.97. The third kappa shape index (κ3) is 1.97. The molecule has 5 heteroatoms. The van der Waals surface area contributed by atoms with Crippen LogP contribution in [-0.4, -0.2) is 15.0 Å². The summed E-state index contributed by atoms with van der Waals surface area (Å²) in [7, 11) is 0. The molecule has 0 radical (unpaired) electrons. The van der Waals surface area contributed by atoms with Crippen molar-refractivity contribution in [3.63, 3.8) is 0 Å². The number of hydrogen-bond donors (Lipinski definition) is 1. The predicted molar refractivity (Wildman–Crippen MR) is 62.1 cm³/mol. The van der Waals surface area contributed by atoms with Crippen molar-refractivity contribution in [1.82, 2.24) is 15.0 Å². The van der Waals surface area contributed by atoms with Crippen molar-refractivity contribution in [2.45, 2.75) is 6.92 Å². The first-order valence-electron chi connectivity index (χ1n) is 4.62. The highest BCUT2D eigenvalue weighted by Gasteiger charge is 2.04. The summed E-state index contributed by atoms with van der Waals surface area (Å²) in [5.74, 6) is 0. The van der Waals surface area contributed by atoms with Gasteiger partial charge in [-0.3, -0.25) is 4.98 Å². The van der Waals surface area contributed by atoms with Gasteiger partial charge in [-0.25, -0.2) is 4.98 Å². The number of pyridine rings is 1. The van der Waals surface area contributed by atoms with E-state index in [0.29, 0.717) is 10.3 Å². The van der Waals surface area contributed by atoms with Crippen LogP contribution in [-0.2, 0) is 0 Å². The molecule has 0 aliphatic heterocycles. The molecule has 0 aromatic carbocycles. The van der Waals surface area contributed by atoms with Crippen molar-refractivity contribution in [3.8, 4) is 17.3 Å². The van der Waals surface area contributed by atoms with Gasteiger partial charge in [0.2, 0.25) is 0 Å². The van der Waals surface area contributed by atoms with Crippen LogP contribution in [0.25, 0.3) is 11.3 Å². The molecule has 0 fully saturated rings. The molecule has 0 amide bonds. The highest BCUT2D eigenvalue weighted by molar-refractivity contribution is 7.71. The largest absolute Gasteiger partial charge is 0.330 e. The summed E-state index contributed by atoms with van der Waals surface area (Å²) in [5, 5.41) is 8.80. The molecule has 0 unspecified atom stereocenters. The van der Waals surface area contributed by atoms with Crippen LogP contribution >= 0.6 is 12.2 Å². The Morgan fingerprint density at radius 2 is 2.19 bits per heavy atom. The summed E-state index contributed by atoms with van der Waals surface area (Å²) in [5.41, 5.74) is 3.17. The van der Waals surface area contributed by atoms with Crippen molar-refractivity contribution in [3.05, 3.63) is 40.6 Å². The number of aromatic nitrogens is 3. The van der Waals surface area contributed by atoms with E-state index in [-0.39, 0.29) is 0 Å². The van der Waals surface area contributed by atoms with E-state index in [4.69, 9.17) is 17.5 Å². The molecule has 4 nitrogen and oxygen atoms in total. The standard InChI is InChI=1S/C11H8N4S/c1-7-4-14-11(16)15-10(7)9-2-8(3-12)5-13-6-9/h2,4-6H,1H3,(H,14,15,16). The van der Waals surface area contributed by atoms with Gasteiger partial charge >= 0.3 is 0 Å². The zero-order valence-electron chi connectivity index (χ0n) is 8.56. The van der Waals surface area contributed by atoms with E-state index in [0.717, 1.165) is 16.8 Å². The highest BCUT2D eigenvalue weighted by atomic mass is 32.1. The van der Waals surface area contributed by atoms with E-state index < -0.39 is 0 Å². The number of nitrogens with zero attached hydrogens (tertiary/aromatic N) is 3. The quantitative estimate of drug-likeness (QED) is 0.761. The number of hydrogen-bond acceptors (Lipinski definition) is 4. The summed E-state index contributed by atoms with van der Waals surface area (Å²) in [6, 6.07) is 3.82. The molecule has 16 heavy (non-hydrogen) atoms. The molecule has 0 spiro atoms. The van der Waals surface area contributed by atoms with E-state index in [9.17, 15) is 0 Å². The maximum atomic E-state index is 8.80. The van der Waals surface area contributed by atoms with Gasteiger partial charge in [-0.05, 0) is 30.8 Å². The van der Waals surface area contributed by atoms with Crippen molar-refractivity contribution < 1.29 is 0 Å². The number of aryl methyl sites for hydroxylation is 1. The van der Waals surface area contributed by atoms with E-state index in [1.165, 1.54) is 6.20 Å². The number of nitriles is 1. The maximum Gasteiger partial charge on any atom is 0.197 e. The second-order valence-corrected chi connectivity index (χ2v) is 3.71. The van der Waals surface area contributed by atoms with E-state index >= 15 is 0 Å². The van der Waals surface area contributed by atoms with Gasteiger partial charge in [0.05, 0.1) is 11.3 Å². The molecule has 0 atom stereocenters. The van der Waals surface area contributed by atoms with E-state index in [1.54, 1.807) is 18.5 Å². The van der Waals surface area contributed by atoms with Crippen LogP contribution in [0, 0.1) is 23.0 Å². The van der Waals surface area contributed by atoms with Crippen molar-refractivity contribution >= 4 is 12.2 Å². The van der Waals surface area contributed by atoms with Gasteiger partial charge in [0.1, 0.15) is 6.07 Å². The zero-order valence-corrected chi connectivity index (χ0v) is 9.38. The van der Waals surface area contributed by atoms with Gasteiger partial charge < -0.3 is 4.98 Å². The molecule has 2 aromatic rings. The van der Waals surface area contributed by atoms with Crippen LogP contribution in [0.15, 0.2) is 24.7 Å². The second-order valence-electron chi connectivity index (χ2n) is 3.32. The third-order valence-electron chi connectivity index (χ3n) is 2.16. The summed E-state index contributed by atoms with van der Waals surface area (Å²) in [6.07, 6.45) is 4.91. The molecule has 0 saturated carbocycles. The molecule has 2 aromatic heterocycles. The van der Waals surface area contributed by atoms with Gasteiger partial charge in [0.25, 0.3) is 0 Å². The number of rotatable bonds is 1. The van der Waals surface area contributed by atoms with Crippen LogP contribution in [0.2, 0.25) is 0 Å². The van der Waals surface area contributed by atoms with E-state index in [1.807, 2.05) is 6.92 Å². The first-order chi connectivity index (χ1) is 7.70. The Bertz CT molecular complexity index is 624. The van der Waals surface area contributed by atoms with Crippen LogP contribution < -0.4 is 0 Å². The highest BCUT2D eigenvalue weighted by Crippen LogP contribution is 2.19. The summed E-state index contributed by atoms with van der Waals surface area (Å²) < 4.78 is 0.419.